The first-order valence-corrected chi connectivity index (χ1v) is 10.1. The summed E-state index contributed by atoms with van der Waals surface area (Å²) in [6.07, 6.45) is 24.2. The highest BCUT2D eigenvalue weighted by molar-refractivity contribution is 4.62. The van der Waals surface area contributed by atoms with Crippen LogP contribution in [0.25, 0.3) is 0 Å². The van der Waals surface area contributed by atoms with Crippen molar-refractivity contribution in [1.29, 1.82) is 0 Å². The van der Waals surface area contributed by atoms with E-state index in [0.29, 0.717) is 0 Å². The number of hydrogen-bond acceptors (Lipinski definition) is 0. The van der Waals surface area contributed by atoms with Crippen LogP contribution < -0.4 is 0 Å². The molecule has 1 atom stereocenters. The average Bonchev–Trinajstić information content (AvgIpc) is 2.49. The number of unbranched alkanes of at least 4 members (excludes halogenated alkanes) is 11. The molecule has 0 amide bonds. The van der Waals surface area contributed by atoms with E-state index in [0.717, 1.165) is 12.3 Å². The van der Waals surface area contributed by atoms with Crippen LogP contribution >= 0.6 is 0 Å². The smallest absolute Gasteiger partial charge is 0.0414 e. The molecule has 0 aromatic heterocycles. The summed E-state index contributed by atoms with van der Waals surface area (Å²) in [6, 6.07) is 0. The Balaban J connectivity index is 3.42. The van der Waals surface area contributed by atoms with Crippen molar-refractivity contribution in [3.8, 4) is 0 Å². The van der Waals surface area contributed by atoms with E-state index in [9.17, 15) is 0 Å². The second-order valence-corrected chi connectivity index (χ2v) is 6.97. The van der Waals surface area contributed by atoms with E-state index in [1.165, 1.54) is 103 Å². The van der Waals surface area contributed by atoms with Crippen LogP contribution in [-0.2, 0) is 0 Å². The Morgan fingerprint density at radius 2 is 0.905 bits per heavy atom. The highest BCUT2D eigenvalue weighted by atomic mass is 14.1. The normalized spacial score (nSPS) is 12.7. The van der Waals surface area contributed by atoms with Crippen molar-refractivity contribution in [1.82, 2.24) is 0 Å². The average molecular weight is 296 g/mol. The minimum atomic E-state index is 0.976. The van der Waals surface area contributed by atoms with E-state index in [2.05, 4.69) is 20.8 Å². The fourth-order valence-electron chi connectivity index (χ4n) is 3.33. The Morgan fingerprint density at radius 1 is 0.524 bits per heavy atom. The highest BCUT2D eigenvalue weighted by Gasteiger charge is 2.07. The first kappa shape index (κ1) is 21.0. The van der Waals surface area contributed by atoms with Crippen molar-refractivity contribution in [2.45, 2.75) is 123 Å². The van der Waals surface area contributed by atoms with Gasteiger partial charge in [0.05, 0.1) is 0 Å². The molecule has 0 saturated carbocycles. The van der Waals surface area contributed by atoms with E-state index in [4.69, 9.17) is 0 Å². The minimum Gasteiger partial charge on any atom is -0.0654 e. The van der Waals surface area contributed by atoms with Crippen LogP contribution in [0.4, 0.5) is 0 Å². The van der Waals surface area contributed by atoms with Gasteiger partial charge in [-0.2, -0.15) is 0 Å². The summed E-state index contributed by atoms with van der Waals surface area (Å²) in [5.41, 5.74) is 0. The van der Waals surface area contributed by atoms with Crippen LogP contribution in [0.1, 0.15) is 123 Å². The molecule has 0 fully saturated rings. The van der Waals surface area contributed by atoms with Gasteiger partial charge in [-0.3, -0.25) is 0 Å². The summed E-state index contributed by atoms with van der Waals surface area (Å²) in [4.78, 5) is 0. The van der Waals surface area contributed by atoms with Crippen LogP contribution in [0.3, 0.4) is 0 Å². The van der Waals surface area contributed by atoms with E-state index in [-0.39, 0.29) is 0 Å². The molecule has 0 aromatic carbocycles. The maximum absolute atomic E-state index is 4.07. The molecular formula is C21H43. The van der Waals surface area contributed by atoms with Crippen molar-refractivity contribution in [2.24, 2.45) is 5.92 Å². The zero-order chi connectivity index (χ0) is 15.6. The predicted octanol–water partition coefficient (Wildman–Crippen LogP) is 8.11. The molecule has 0 spiro atoms. The summed E-state index contributed by atoms with van der Waals surface area (Å²) in [5, 5.41) is 0. The van der Waals surface area contributed by atoms with Crippen molar-refractivity contribution in [3.63, 3.8) is 0 Å². The Bertz CT molecular complexity index is 173. The fourth-order valence-corrected chi connectivity index (χ4v) is 3.33. The minimum absolute atomic E-state index is 0.976. The van der Waals surface area contributed by atoms with Crippen molar-refractivity contribution in [3.05, 3.63) is 6.92 Å². The lowest BCUT2D eigenvalue weighted by Crippen LogP contribution is -2.00. The topological polar surface area (TPSA) is 0 Å². The number of rotatable bonds is 17. The van der Waals surface area contributed by atoms with Gasteiger partial charge in [0, 0.05) is 0 Å². The van der Waals surface area contributed by atoms with Gasteiger partial charge in [-0.05, 0) is 5.92 Å². The molecule has 0 nitrogen and oxygen atoms in total. The van der Waals surface area contributed by atoms with Gasteiger partial charge in [-0.1, -0.05) is 130 Å². The monoisotopic (exact) mass is 295 g/mol. The molecule has 0 bridgehead atoms. The van der Waals surface area contributed by atoms with Crippen molar-refractivity contribution in [2.75, 3.05) is 0 Å². The summed E-state index contributed by atoms with van der Waals surface area (Å²) in [5.74, 6) is 0.976. The molecule has 0 rings (SSSR count). The molecular weight excluding hydrogens is 252 g/mol. The van der Waals surface area contributed by atoms with Crippen molar-refractivity contribution < 1.29 is 0 Å². The van der Waals surface area contributed by atoms with Gasteiger partial charge >= 0.3 is 0 Å². The summed E-state index contributed by atoms with van der Waals surface area (Å²) in [6.45, 7) is 8.67. The summed E-state index contributed by atoms with van der Waals surface area (Å²) in [7, 11) is 0. The van der Waals surface area contributed by atoms with Crippen LogP contribution in [0.15, 0.2) is 0 Å². The van der Waals surface area contributed by atoms with E-state index >= 15 is 0 Å². The van der Waals surface area contributed by atoms with Crippen LogP contribution in [0, 0.1) is 12.8 Å². The lowest BCUT2D eigenvalue weighted by atomic mass is 9.90. The number of hydrogen-bond donors (Lipinski definition) is 0. The second kappa shape index (κ2) is 18.1. The van der Waals surface area contributed by atoms with Crippen LogP contribution in [-0.4, -0.2) is 0 Å². The zero-order valence-corrected chi connectivity index (χ0v) is 15.3. The Kier molecular flexibility index (Phi) is 18.1. The molecule has 21 heavy (non-hydrogen) atoms. The SMILES string of the molecule is [CH2]CCC(CCCCCCC)CCCCCCCCCC. The maximum Gasteiger partial charge on any atom is -0.0414 e. The Morgan fingerprint density at radius 3 is 1.29 bits per heavy atom. The molecule has 0 aliphatic heterocycles. The van der Waals surface area contributed by atoms with Gasteiger partial charge in [-0.15, -0.1) is 0 Å². The quantitative estimate of drug-likeness (QED) is 0.238. The first-order valence-electron chi connectivity index (χ1n) is 10.1. The van der Waals surface area contributed by atoms with Gasteiger partial charge < -0.3 is 0 Å². The highest BCUT2D eigenvalue weighted by Crippen LogP contribution is 2.23. The van der Waals surface area contributed by atoms with Gasteiger partial charge in [0.2, 0.25) is 0 Å². The summed E-state index contributed by atoms with van der Waals surface area (Å²) < 4.78 is 0. The molecule has 127 valence electrons. The largest absolute Gasteiger partial charge is 0.0654 e. The molecule has 0 aliphatic carbocycles. The first-order chi connectivity index (χ1) is 10.3. The lowest BCUT2D eigenvalue weighted by molar-refractivity contribution is 0.382. The Labute approximate surface area is 136 Å². The van der Waals surface area contributed by atoms with E-state index < -0.39 is 0 Å². The van der Waals surface area contributed by atoms with Gasteiger partial charge in [-0.25, -0.2) is 0 Å². The standard InChI is InChI=1S/C21H43/c1-4-7-9-11-12-13-15-17-20-21(18-6-3)19-16-14-10-8-5-2/h21H,3-20H2,1-2H3. The van der Waals surface area contributed by atoms with Crippen molar-refractivity contribution >= 4 is 0 Å². The molecule has 0 heteroatoms. The molecule has 0 aromatic rings. The second-order valence-electron chi connectivity index (χ2n) is 6.97. The third kappa shape index (κ3) is 16.2. The third-order valence-corrected chi connectivity index (χ3v) is 4.79. The predicted molar refractivity (Wildman–Crippen MR) is 98.7 cm³/mol. The Hall–Kier alpha value is 0. The van der Waals surface area contributed by atoms with E-state index in [1.54, 1.807) is 0 Å². The van der Waals surface area contributed by atoms with Gasteiger partial charge in [0.15, 0.2) is 0 Å². The lowest BCUT2D eigenvalue weighted by Gasteiger charge is -2.16. The van der Waals surface area contributed by atoms with Gasteiger partial charge in [0.1, 0.15) is 0 Å². The molecule has 0 heterocycles. The van der Waals surface area contributed by atoms with Crippen LogP contribution in [0.5, 0.6) is 0 Å². The third-order valence-electron chi connectivity index (χ3n) is 4.79. The zero-order valence-electron chi connectivity index (χ0n) is 15.3. The van der Waals surface area contributed by atoms with E-state index in [1.807, 2.05) is 0 Å². The fraction of sp³-hybridized carbons (Fsp3) is 0.952. The molecule has 0 N–H and O–H groups in total. The molecule has 1 radical (unpaired) electrons. The van der Waals surface area contributed by atoms with Crippen LogP contribution in [0.2, 0.25) is 0 Å². The molecule has 0 aliphatic rings. The summed E-state index contributed by atoms with van der Waals surface area (Å²) >= 11 is 0. The molecule has 1 unspecified atom stereocenters. The maximum atomic E-state index is 4.07. The molecule has 0 saturated heterocycles. The van der Waals surface area contributed by atoms with Gasteiger partial charge in [0.25, 0.3) is 0 Å².